The van der Waals surface area contributed by atoms with Crippen LogP contribution in [0.3, 0.4) is 0 Å². The van der Waals surface area contributed by atoms with Crippen LogP contribution < -0.4 is 0 Å². The SMILES string of the molecule is Cc1cc(C(Br)c2cccc(I)c2)c(C)cc1Cl. The zero-order valence-electron chi connectivity index (χ0n) is 10.2. The van der Waals surface area contributed by atoms with E-state index in [2.05, 4.69) is 75.8 Å². The molecule has 2 aromatic rings. The van der Waals surface area contributed by atoms with Crippen LogP contribution in [0.5, 0.6) is 0 Å². The van der Waals surface area contributed by atoms with Gasteiger partial charge in [-0.1, -0.05) is 45.7 Å². The second-order valence-electron chi connectivity index (χ2n) is 4.38. The van der Waals surface area contributed by atoms with Gasteiger partial charge in [-0.25, -0.2) is 0 Å². The molecule has 0 aliphatic rings. The van der Waals surface area contributed by atoms with Crippen molar-refractivity contribution in [3.8, 4) is 0 Å². The third-order valence-electron chi connectivity index (χ3n) is 2.96. The Morgan fingerprint density at radius 1 is 1.11 bits per heavy atom. The molecule has 1 atom stereocenters. The number of halogens is 3. The molecule has 2 aromatic carbocycles. The number of alkyl halides is 1. The largest absolute Gasteiger partial charge is 0.0840 e. The summed E-state index contributed by atoms with van der Waals surface area (Å²) in [5.41, 5.74) is 4.88. The van der Waals surface area contributed by atoms with Crippen LogP contribution >= 0.6 is 50.1 Å². The summed E-state index contributed by atoms with van der Waals surface area (Å²) in [5, 5.41) is 0.832. The highest BCUT2D eigenvalue weighted by molar-refractivity contribution is 14.1. The molecule has 3 heteroatoms. The van der Waals surface area contributed by atoms with Gasteiger partial charge in [0.2, 0.25) is 0 Å². The van der Waals surface area contributed by atoms with E-state index in [1.807, 2.05) is 13.0 Å². The van der Waals surface area contributed by atoms with Gasteiger partial charge >= 0.3 is 0 Å². The number of hydrogen-bond acceptors (Lipinski definition) is 0. The van der Waals surface area contributed by atoms with E-state index in [4.69, 9.17) is 11.6 Å². The Morgan fingerprint density at radius 3 is 2.50 bits per heavy atom. The molecule has 0 radical (unpaired) electrons. The third-order valence-corrected chi connectivity index (χ3v) is 5.06. The molecule has 0 aromatic heterocycles. The standard InChI is InChI=1S/C15H13BrClI/c1-9-7-14(17)10(2)6-13(9)15(16)11-4-3-5-12(18)8-11/h3-8,15H,1-2H3. The minimum atomic E-state index is 0.211. The molecule has 0 amide bonds. The van der Waals surface area contributed by atoms with Crippen LogP contribution in [-0.4, -0.2) is 0 Å². The quantitative estimate of drug-likeness (QED) is 0.398. The lowest BCUT2D eigenvalue weighted by molar-refractivity contribution is 1.13. The van der Waals surface area contributed by atoms with E-state index in [9.17, 15) is 0 Å². The van der Waals surface area contributed by atoms with Gasteiger partial charge in [0.15, 0.2) is 0 Å². The molecule has 18 heavy (non-hydrogen) atoms. The van der Waals surface area contributed by atoms with Crippen molar-refractivity contribution in [2.24, 2.45) is 0 Å². The van der Waals surface area contributed by atoms with Crippen LogP contribution in [0.2, 0.25) is 5.02 Å². The Balaban J connectivity index is 2.46. The molecular weight excluding hydrogens is 422 g/mol. The maximum absolute atomic E-state index is 6.15. The minimum absolute atomic E-state index is 0.211. The molecule has 94 valence electrons. The molecule has 0 aliphatic carbocycles. The summed E-state index contributed by atoms with van der Waals surface area (Å²) < 4.78 is 1.25. The van der Waals surface area contributed by atoms with Gasteiger partial charge in [0.25, 0.3) is 0 Å². The van der Waals surface area contributed by atoms with Crippen molar-refractivity contribution in [2.45, 2.75) is 18.7 Å². The normalized spacial score (nSPS) is 12.5. The van der Waals surface area contributed by atoms with Crippen molar-refractivity contribution >= 4 is 50.1 Å². The Kier molecular flexibility index (Phi) is 4.73. The molecule has 0 saturated carbocycles. The fourth-order valence-electron chi connectivity index (χ4n) is 1.92. The predicted molar refractivity (Wildman–Crippen MR) is 90.9 cm³/mol. The second-order valence-corrected chi connectivity index (χ2v) is 6.94. The number of aryl methyl sites for hydroxylation is 2. The molecule has 0 heterocycles. The van der Waals surface area contributed by atoms with Crippen LogP contribution in [-0.2, 0) is 0 Å². The molecular formula is C15H13BrClI. The maximum atomic E-state index is 6.15. The molecule has 0 saturated heterocycles. The smallest absolute Gasteiger partial charge is 0.0647 e. The number of rotatable bonds is 2. The van der Waals surface area contributed by atoms with Crippen molar-refractivity contribution in [1.82, 2.24) is 0 Å². The fourth-order valence-corrected chi connectivity index (χ4v) is 3.48. The lowest BCUT2D eigenvalue weighted by Gasteiger charge is -2.15. The highest BCUT2D eigenvalue weighted by Crippen LogP contribution is 2.35. The Labute approximate surface area is 135 Å². The Hall–Kier alpha value is -0.0600. The van der Waals surface area contributed by atoms with E-state index in [0.29, 0.717) is 0 Å². The summed E-state index contributed by atoms with van der Waals surface area (Å²) >= 11 is 12.3. The first kappa shape index (κ1) is 14.4. The molecule has 1 unspecified atom stereocenters. The van der Waals surface area contributed by atoms with Crippen molar-refractivity contribution in [1.29, 1.82) is 0 Å². The minimum Gasteiger partial charge on any atom is -0.0840 e. The average molecular weight is 436 g/mol. The first-order chi connectivity index (χ1) is 8.49. The highest BCUT2D eigenvalue weighted by atomic mass is 127. The van der Waals surface area contributed by atoms with Crippen LogP contribution in [0.15, 0.2) is 36.4 Å². The maximum Gasteiger partial charge on any atom is 0.0647 e. The lowest BCUT2D eigenvalue weighted by atomic mass is 9.98. The van der Waals surface area contributed by atoms with Crippen LogP contribution in [0.25, 0.3) is 0 Å². The molecule has 0 aliphatic heterocycles. The first-order valence-corrected chi connectivity index (χ1v) is 8.02. The van der Waals surface area contributed by atoms with Crippen LogP contribution in [0.4, 0.5) is 0 Å². The Bertz CT molecular complexity index is 581. The molecule has 0 nitrogen and oxygen atoms in total. The van der Waals surface area contributed by atoms with Crippen molar-refractivity contribution < 1.29 is 0 Å². The summed E-state index contributed by atoms with van der Waals surface area (Å²) in [7, 11) is 0. The highest BCUT2D eigenvalue weighted by Gasteiger charge is 2.14. The second kappa shape index (κ2) is 5.93. The van der Waals surface area contributed by atoms with E-state index in [1.165, 1.54) is 20.3 Å². The van der Waals surface area contributed by atoms with Gasteiger partial charge < -0.3 is 0 Å². The van der Waals surface area contributed by atoms with Gasteiger partial charge in [0.05, 0.1) is 4.83 Å². The summed E-state index contributed by atoms with van der Waals surface area (Å²) in [6.45, 7) is 4.14. The topological polar surface area (TPSA) is 0 Å². The van der Waals surface area contributed by atoms with E-state index in [-0.39, 0.29) is 4.83 Å². The first-order valence-electron chi connectivity index (χ1n) is 5.65. The van der Waals surface area contributed by atoms with E-state index in [0.717, 1.165) is 10.6 Å². The fraction of sp³-hybridized carbons (Fsp3) is 0.200. The summed E-state index contributed by atoms with van der Waals surface area (Å²) in [4.78, 5) is 0.211. The van der Waals surface area contributed by atoms with E-state index in [1.54, 1.807) is 0 Å². The molecule has 2 rings (SSSR count). The zero-order chi connectivity index (χ0) is 13.3. The monoisotopic (exact) mass is 434 g/mol. The van der Waals surface area contributed by atoms with Crippen molar-refractivity contribution in [3.63, 3.8) is 0 Å². The number of benzene rings is 2. The van der Waals surface area contributed by atoms with Crippen LogP contribution in [0, 0.1) is 17.4 Å². The van der Waals surface area contributed by atoms with Gasteiger partial charge in [-0.3, -0.25) is 0 Å². The average Bonchev–Trinajstić information content (AvgIpc) is 2.33. The van der Waals surface area contributed by atoms with E-state index < -0.39 is 0 Å². The van der Waals surface area contributed by atoms with Gasteiger partial charge in [-0.2, -0.15) is 0 Å². The van der Waals surface area contributed by atoms with Gasteiger partial charge in [0, 0.05) is 8.59 Å². The zero-order valence-corrected chi connectivity index (χ0v) is 14.7. The predicted octanol–water partition coefficient (Wildman–Crippen LogP) is 6.05. The lowest BCUT2D eigenvalue weighted by Crippen LogP contribution is -1.97. The van der Waals surface area contributed by atoms with Crippen LogP contribution in [0.1, 0.15) is 27.1 Å². The molecule has 0 N–H and O–H groups in total. The Morgan fingerprint density at radius 2 is 1.83 bits per heavy atom. The van der Waals surface area contributed by atoms with Gasteiger partial charge in [0.1, 0.15) is 0 Å². The molecule has 0 spiro atoms. The summed E-state index contributed by atoms with van der Waals surface area (Å²) in [5.74, 6) is 0. The van der Waals surface area contributed by atoms with Gasteiger partial charge in [-0.15, -0.1) is 0 Å². The van der Waals surface area contributed by atoms with E-state index >= 15 is 0 Å². The number of hydrogen-bond donors (Lipinski definition) is 0. The summed E-state index contributed by atoms with van der Waals surface area (Å²) in [6.07, 6.45) is 0. The molecule has 0 fully saturated rings. The summed E-state index contributed by atoms with van der Waals surface area (Å²) in [6, 6.07) is 12.7. The van der Waals surface area contributed by atoms with Crippen molar-refractivity contribution in [3.05, 3.63) is 67.2 Å². The van der Waals surface area contributed by atoms with Crippen molar-refractivity contribution in [2.75, 3.05) is 0 Å². The third kappa shape index (κ3) is 3.09. The van der Waals surface area contributed by atoms with Gasteiger partial charge in [-0.05, 0) is 76.9 Å². The molecule has 0 bridgehead atoms.